The van der Waals surface area contributed by atoms with Crippen LogP contribution in [-0.4, -0.2) is 16.3 Å². The van der Waals surface area contributed by atoms with Crippen LogP contribution in [0.4, 0.5) is 0 Å². The first-order valence-corrected chi connectivity index (χ1v) is 5.54. The van der Waals surface area contributed by atoms with Crippen LogP contribution in [0.3, 0.4) is 0 Å². The fourth-order valence-corrected chi connectivity index (χ4v) is 1.68. The highest BCUT2D eigenvalue weighted by Gasteiger charge is 2.06. The Bertz CT molecular complexity index is 251. The minimum Gasteiger partial charge on any atom is -0.330 e. The van der Waals surface area contributed by atoms with E-state index in [0.717, 1.165) is 32.2 Å². The molecule has 0 aliphatic carbocycles. The summed E-state index contributed by atoms with van der Waals surface area (Å²) in [6, 6.07) is 0.557. The number of nitrogens with two attached hydrogens (primary N) is 1. The second kappa shape index (κ2) is 5.81. The van der Waals surface area contributed by atoms with Crippen molar-refractivity contribution in [2.24, 2.45) is 5.73 Å². The van der Waals surface area contributed by atoms with Crippen molar-refractivity contribution in [2.75, 3.05) is 6.54 Å². The van der Waals surface area contributed by atoms with E-state index in [0.29, 0.717) is 6.04 Å². The van der Waals surface area contributed by atoms with Gasteiger partial charge < -0.3 is 5.73 Å². The van der Waals surface area contributed by atoms with Crippen LogP contribution < -0.4 is 5.73 Å². The van der Waals surface area contributed by atoms with Gasteiger partial charge in [-0.15, -0.1) is 0 Å². The van der Waals surface area contributed by atoms with Crippen LogP contribution in [0.15, 0.2) is 12.4 Å². The third-order valence-corrected chi connectivity index (χ3v) is 2.64. The highest BCUT2D eigenvalue weighted by molar-refractivity contribution is 5.04. The monoisotopic (exact) mass is 195 g/mol. The van der Waals surface area contributed by atoms with Gasteiger partial charge in [-0.05, 0) is 37.8 Å². The van der Waals surface area contributed by atoms with E-state index in [-0.39, 0.29) is 0 Å². The molecule has 1 rings (SSSR count). The molecule has 0 fully saturated rings. The normalized spacial score (nSPS) is 11.1. The maximum absolute atomic E-state index is 5.47. The number of nitrogens with zero attached hydrogens (tertiary/aromatic N) is 2. The molecule has 0 aromatic carbocycles. The molecule has 0 bridgehead atoms. The molecule has 2 N–H and O–H groups in total. The lowest BCUT2D eigenvalue weighted by Gasteiger charge is -2.12. The molecule has 14 heavy (non-hydrogen) atoms. The van der Waals surface area contributed by atoms with E-state index in [2.05, 4.69) is 29.8 Å². The molecule has 0 spiro atoms. The first kappa shape index (κ1) is 11.2. The third-order valence-electron chi connectivity index (χ3n) is 2.64. The molecule has 1 heterocycles. The zero-order valence-electron chi connectivity index (χ0n) is 9.24. The Morgan fingerprint density at radius 3 is 2.71 bits per heavy atom. The van der Waals surface area contributed by atoms with Crippen LogP contribution in [0.2, 0.25) is 0 Å². The summed E-state index contributed by atoms with van der Waals surface area (Å²) in [5.41, 5.74) is 6.78. The van der Waals surface area contributed by atoms with Crippen LogP contribution in [0.1, 0.15) is 44.7 Å². The number of hydrogen-bond acceptors (Lipinski definition) is 2. The van der Waals surface area contributed by atoms with Gasteiger partial charge >= 0.3 is 0 Å². The molecule has 0 atom stereocenters. The Kier molecular flexibility index (Phi) is 4.66. The summed E-state index contributed by atoms with van der Waals surface area (Å²) in [6.45, 7) is 5.17. The van der Waals surface area contributed by atoms with Crippen LogP contribution in [0.25, 0.3) is 0 Å². The van der Waals surface area contributed by atoms with Gasteiger partial charge in [0.25, 0.3) is 0 Å². The van der Waals surface area contributed by atoms with Crippen LogP contribution >= 0.6 is 0 Å². The predicted octanol–water partition coefficient (Wildman–Crippen LogP) is 2.14. The van der Waals surface area contributed by atoms with Gasteiger partial charge in [0.1, 0.15) is 0 Å². The van der Waals surface area contributed by atoms with Crippen molar-refractivity contribution in [1.82, 2.24) is 9.78 Å². The summed E-state index contributed by atoms with van der Waals surface area (Å²) in [6.07, 6.45) is 8.52. The third kappa shape index (κ3) is 2.84. The van der Waals surface area contributed by atoms with Gasteiger partial charge in [-0.2, -0.15) is 5.10 Å². The molecular formula is C11H21N3. The maximum Gasteiger partial charge on any atom is 0.0521 e. The molecule has 3 heteroatoms. The molecular weight excluding hydrogens is 174 g/mol. The van der Waals surface area contributed by atoms with Gasteiger partial charge in [0, 0.05) is 6.20 Å². The van der Waals surface area contributed by atoms with Crippen molar-refractivity contribution < 1.29 is 0 Å². The smallest absolute Gasteiger partial charge is 0.0521 e. The average molecular weight is 195 g/mol. The van der Waals surface area contributed by atoms with E-state index in [1.54, 1.807) is 0 Å². The number of aromatic nitrogens is 2. The lowest BCUT2D eigenvalue weighted by Crippen LogP contribution is -2.07. The van der Waals surface area contributed by atoms with Gasteiger partial charge in [-0.3, -0.25) is 4.68 Å². The summed E-state index contributed by atoms with van der Waals surface area (Å²) in [5, 5.41) is 4.39. The summed E-state index contributed by atoms with van der Waals surface area (Å²) >= 11 is 0. The fraction of sp³-hybridized carbons (Fsp3) is 0.727. The molecule has 0 saturated heterocycles. The van der Waals surface area contributed by atoms with Crippen LogP contribution in [0, 0.1) is 0 Å². The van der Waals surface area contributed by atoms with Gasteiger partial charge in [-0.1, -0.05) is 13.8 Å². The highest BCUT2D eigenvalue weighted by atomic mass is 15.3. The van der Waals surface area contributed by atoms with Gasteiger partial charge in [0.2, 0.25) is 0 Å². The SMILES string of the molecule is CCC(CC)n1cc(CCCN)cn1. The van der Waals surface area contributed by atoms with Crippen molar-refractivity contribution >= 4 is 0 Å². The first-order valence-electron chi connectivity index (χ1n) is 5.54. The predicted molar refractivity (Wildman–Crippen MR) is 59.2 cm³/mol. The summed E-state index contributed by atoms with van der Waals surface area (Å²) in [7, 11) is 0. The number of aryl methyl sites for hydroxylation is 1. The van der Waals surface area contributed by atoms with Crippen molar-refractivity contribution in [3.05, 3.63) is 18.0 Å². The average Bonchev–Trinajstić information content (AvgIpc) is 2.65. The summed E-state index contributed by atoms with van der Waals surface area (Å²) in [4.78, 5) is 0. The Morgan fingerprint density at radius 2 is 2.14 bits per heavy atom. The molecule has 0 unspecified atom stereocenters. The van der Waals surface area contributed by atoms with Gasteiger partial charge in [0.05, 0.1) is 12.2 Å². The number of rotatable bonds is 6. The van der Waals surface area contributed by atoms with E-state index in [4.69, 9.17) is 5.73 Å². The zero-order chi connectivity index (χ0) is 10.4. The second-order valence-electron chi connectivity index (χ2n) is 3.69. The van der Waals surface area contributed by atoms with E-state index in [1.807, 2.05) is 6.20 Å². The molecule has 0 aliphatic rings. The van der Waals surface area contributed by atoms with Crippen molar-refractivity contribution in [1.29, 1.82) is 0 Å². The molecule has 0 saturated carbocycles. The quantitative estimate of drug-likeness (QED) is 0.755. The van der Waals surface area contributed by atoms with E-state index in [1.165, 1.54) is 5.56 Å². The van der Waals surface area contributed by atoms with Crippen LogP contribution in [-0.2, 0) is 6.42 Å². The Hall–Kier alpha value is -0.830. The first-order chi connectivity index (χ1) is 6.81. The molecule has 1 aromatic rings. The van der Waals surface area contributed by atoms with E-state index < -0.39 is 0 Å². The molecule has 0 aliphatic heterocycles. The molecule has 0 radical (unpaired) electrons. The fourth-order valence-electron chi connectivity index (χ4n) is 1.68. The molecule has 3 nitrogen and oxygen atoms in total. The van der Waals surface area contributed by atoms with Crippen molar-refractivity contribution in [2.45, 2.75) is 45.6 Å². The molecule has 1 aromatic heterocycles. The highest BCUT2D eigenvalue weighted by Crippen LogP contribution is 2.15. The van der Waals surface area contributed by atoms with E-state index in [9.17, 15) is 0 Å². The largest absolute Gasteiger partial charge is 0.330 e. The van der Waals surface area contributed by atoms with E-state index >= 15 is 0 Å². The minimum absolute atomic E-state index is 0.557. The lowest BCUT2D eigenvalue weighted by molar-refractivity contribution is 0.428. The Morgan fingerprint density at radius 1 is 1.43 bits per heavy atom. The van der Waals surface area contributed by atoms with Crippen LogP contribution in [0.5, 0.6) is 0 Å². The zero-order valence-corrected chi connectivity index (χ0v) is 9.24. The second-order valence-corrected chi connectivity index (χ2v) is 3.69. The Labute approximate surface area is 86.3 Å². The maximum atomic E-state index is 5.47. The standard InChI is InChI=1S/C11H21N3/c1-3-11(4-2)14-9-10(8-13-14)6-5-7-12/h8-9,11H,3-7,12H2,1-2H3. The molecule has 0 amide bonds. The topological polar surface area (TPSA) is 43.8 Å². The summed E-state index contributed by atoms with van der Waals surface area (Å²) in [5.74, 6) is 0. The van der Waals surface area contributed by atoms with Gasteiger partial charge in [0.15, 0.2) is 0 Å². The lowest BCUT2D eigenvalue weighted by atomic mass is 10.2. The molecule has 80 valence electrons. The van der Waals surface area contributed by atoms with Crippen molar-refractivity contribution in [3.63, 3.8) is 0 Å². The Balaban J connectivity index is 2.57. The van der Waals surface area contributed by atoms with Crippen molar-refractivity contribution in [3.8, 4) is 0 Å². The minimum atomic E-state index is 0.557. The number of hydrogen-bond donors (Lipinski definition) is 1. The van der Waals surface area contributed by atoms with Gasteiger partial charge in [-0.25, -0.2) is 0 Å². The summed E-state index contributed by atoms with van der Waals surface area (Å²) < 4.78 is 2.09.